The van der Waals surface area contributed by atoms with Crippen LogP contribution < -0.4 is 10.6 Å². The van der Waals surface area contributed by atoms with Crippen LogP contribution in [0.3, 0.4) is 0 Å². The molecule has 1 fully saturated rings. The Morgan fingerprint density at radius 1 is 1.48 bits per heavy atom. The average Bonchev–Trinajstić information content (AvgIpc) is 3.16. The number of nitrogens with one attached hydrogen (secondary N) is 2. The number of hydrogen-bond donors (Lipinski definition) is 3. The predicted octanol–water partition coefficient (Wildman–Crippen LogP) is 1.36. The molecule has 3 N–H and O–H groups in total. The summed E-state index contributed by atoms with van der Waals surface area (Å²) in [6.07, 6.45) is 1.68. The summed E-state index contributed by atoms with van der Waals surface area (Å²) < 4.78 is 0. The minimum atomic E-state index is -1.03. The number of fused-ring (bicyclic) bond motifs is 1. The number of nitro groups is 1. The quantitative estimate of drug-likeness (QED) is 0.556. The van der Waals surface area contributed by atoms with Crippen molar-refractivity contribution in [3.8, 4) is 0 Å². The van der Waals surface area contributed by atoms with Gasteiger partial charge in [-0.2, -0.15) is 0 Å². The monoisotopic (exact) mass is 291 g/mol. The van der Waals surface area contributed by atoms with Crippen molar-refractivity contribution < 1.29 is 19.6 Å². The van der Waals surface area contributed by atoms with Crippen molar-refractivity contribution in [1.82, 2.24) is 0 Å². The lowest BCUT2D eigenvalue weighted by Crippen LogP contribution is -2.31. The van der Waals surface area contributed by atoms with Crippen LogP contribution in [0.25, 0.3) is 0 Å². The second-order valence-electron chi connectivity index (χ2n) is 5.31. The number of aliphatic carboxylic acids is 1. The third-order valence-corrected chi connectivity index (χ3v) is 3.71. The summed E-state index contributed by atoms with van der Waals surface area (Å²) >= 11 is 0. The maximum atomic E-state index is 11.3. The molecule has 1 aliphatic heterocycles. The standard InChI is InChI=1S/C13H13N3O5/c17-11-4-7-3-10(16(20)21)9(5-8(7)14-11)15-12(13(18)19)6-1-2-6/h3,5-6,12,15H,1-2,4H2,(H,14,17)(H,18,19). The molecule has 1 unspecified atom stereocenters. The SMILES string of the molecule is O=C1Cc2cc([N+](=O)[O-])c(NC(C(=O)O)C3CC3)cc2N1. The van der Waals surface area contributed by atoms with Gasteiger partial charge in [-0.05, 0) is 30.4 Å². The summed E-state index contributed by atoms with van der Waals surface area (Å²) in [7, 11) is 0. The normalized spacial score (nSPS) is 17.8. The van der Waals surface area contributed by atoms with E-state index in [4.69, 9.17) is 0 Å². The lowest BCUT2D eigenvalue weighted by Gasteiger charge is -2.15. The Morgan fingerprint density at radius 3 is 2.76 bits per heavy atom. The van der Waals surface area contributed by atoms with Crippen LogP contribution in [0.4, 0.5) is 17.1 Å². The molecular formula is C13H13N3O5. The Balaban J connectivity index is 1.96. The zero-order valence-electron chi connectivity index (χ0n) is 11.0. The van der Waals surface area contributed by atoms with Gasteiger partial charge in [0.05, 0.1) is 11.3 Å². The highest BCUT2D eigenvalue weighted by Gasteiger charge is 2.37. The molecule has 21 heavy (non-hydrogen) atoms. The number of carbonyl (C=O) groups excluding carboxylic acids is 1. The molecule has 8 nitrogen and oxygen atoms in total. The summed E-state index contributed by atoms with van der Waals surface area (Å²) in [4.78, 5) is 33.2. The largest absolute Gasteiger partial charge is 0.480 e. The maximum Gasteiger partial charge on any atom is 0.326 e. The summed E-state index contributed by atoms with van der Waals surface area (Å²) in [6.45, 7) is 0. The molecule has 8 heteroatoms. The van der Waals surface area contributed by atoms with E-state index in [-0.39, 0.29) is 29.6 Å². The summed E-state index contributed by atoms with van der Waals surface area (Å²) in [5.41, 5.74) is 0.959. The highest BCUT2D eigenvalue weighted by atomic mass is 16.6. The number of rotatable bonds is 5. The number of nitro benzene ring substituents is 1. The molecule has 1 atom stereocenters. The first kappa shape index (κ1) is 13.3. The van der Waals surface area contributed by atoms with Crippen LogP contribution in [0.5, 0.6) is 0 Å². The Labute approximate surface area is 119 Å². The lowest BCUT2D eigenvalue weighted by atomic mass is 10.1. The van der Waals surface area contributed by atoms with Crippen LogP contribution in [-0.2, 0) is 16.0 Å². The summed E-state index contributed by atoms with van der Waals surface area (Å²) in [5, 5.41) is 25.7. The van der Waals surface area contributed by atoms with E-state index in [1.807, 2.05) is 0 Å². The van der Waals surface area contributed by atoms with Gasteiger partial charge in [0, 0.05) is 11.8 Å². The zero-order valence-corrected chi connectivity index (χ0v) is 11.0. The average molecular weight is 291 g/mol. The number of amides is 1. The third-order valence-electron chi connectivity index (χ3n) is 3.71. The molecule has 0 aromatic heterocycles. The van der Waals surface area contributed by atoms with E-state index >= 15 is 0 Å². The lowest BCUT2D eigenvalue weighted by molar-refractivity contribution is -0.384. The van der Waals surface area contributed by atoms with Gasteiger partial charge in [0.2, 0.25) is 5.91 Å². The Bertz CT molecular complexity index is 653. The van der Waals surface area contributed by atoms with Gasteiger partial charge in [-0.25, -0.2) is 4.79 Å². The van der Waals surface area contributed by atoms with Gasteiger partial charge in [0.1, 0.15) is 11.7 Å². The Hall–Kier alpha value is -2.64. The Morgan fingerprint density at radius 2 is 2.19 bits per heavy atom. The molecular weight excluding hydrogens is 278 g/mol. The number of carboxylic acids is 1. The van der Waals surface area contributed by atoms with E-state index in [0.717, 1.165) is 12.8 Å². The number of nitrogens with zero attached hydrogens (tertiary/aromatic N) is 1. The van der Waals surface area contributed by atoms with Crippen LogP contribution in [0.1, 0.15) is 18.4 Å². The number of hydrogen-bond acceptors (Lipinski definition) is 5. The molecule has 1 aromatic carbocycles. The van der Waals surface area contributed by atoms with Crippen molar-refractivity contribution in [2.75, 3.05) is 10.6 Å². The zero-order chi connectivity index (χ0) is 15.1. The van der Waals surface area contributed by atoms with Gasteiger partial charge in [0.25, 0.3) is 5.69 Å². The van der Waals surface area contributed by atoms with E-state index in [0.29, 0.717) is 11.3 Å². The summed E-state index contributed by atoms with van der Waals surface area (Å²) in [5.74, 6) is -1.27. The molecule has 1 amide bonds. The molecule has 1 aliphatic carbocycles. The second-order valence-corrected chi connectivity index (χ2v) is 5.31. The van der Waals surface area contributed by atoms with Crippen LogP contribution in [0.2, 0.25) is 0 Å². The second kappa shape index (κ2) is 4.72. The number of carboxylic acid groups (broad SMARTS) is 1. The topological polar surface area (TPSA) is 122 Å². The van der Waals surface area contributed by atoms with E-state index in [1.165, 1.54) is 12.1 Å². The van der Waals surface area contributed by atoms with Crippen molar-refractivity contribution in [3.63, 3.8) is 0 Å². The van der Waals surface area contributed by atoms with Gasteiger partial charge >= 0.3 is 5.97 Å². The van der Waals surface area contributed by atoms with Crippen LogP contribution in [-0.4, -0.2) is 27.9 Å². The van der Waals surface area contributed by atoms with Crippen LogP contribution >= 0.6 is 0 Å². The van der Waals surface area contributed by atoms with Gasteiger partial charge < -0.3 is 15.7 Å². The van der Waals surface area contributed by atoms with Crippen molar-refractivity contribution in [2.45, 2.75) is 25.3 Å². The van der Waals surface area contributed by atoms with Crippen molar-refractivity contribution >= 4 is 28.9 Å². The molecule has 1 saturated carbocycles. The number of carbonyl (C=O) groups is 2. The van der Waals surface area contributed by atoms with Crippen LogP contribution in [0.15, 0.2) is 12.1 Å². The highest BCUT2D eigenvalue weighted by molar-refractivity contribution is 6.00. The Kier molecular flexibility index (Phi) is 3.00. The first-order valence-corrected chi connectivity index (χ1v) is 6.56. The first-order valence-electron chi connectivity index (χ1n) is 6.56. The minimum absolute atomic E-state index is 0.00931. The molecule has 0 spiro atoms. The van der Waals surface area contributed by atoms with Crippen molar-refractivity contribution in [1.29, 1.82) is 0 Å². The molecule has 110 valence electrons. The molecule has 0 bridgehead atoms. The molecule has 3 rings (SSSR count). The molecule has 0 radical (unpaired) electrons. The summed E-state index contributed by atoms with van der Waals surface area (Å²) in [6, 6.07) is 1.91. The van der Waals surface area contributed by atoms with E-state index in [1.54, 1.807) is 0 Å². The minimum Gasteiger partial charge on any atom is -0.480 e. The molecule has 0 saturated heterocycles. The predicted molar refractivity (Wildman–Crippen MR) is 73.2 cm³/mol. The van der Waals surface area contributed by atoms with E-state index < -0.39 is 16.9 Å². The number of benzene rings is 1. The van der Waals surface area contributed by atoms with Crippen molar-refractivity contribution in [2.24, 2.45) is 5.92 Å². The maximum absolute atomic E-state index is 11.3. The molecule has 1 aromatic rings. The van der Waals surface area contributed by atoms with Crippen molar-refractivity contribution in [3.05, 3.63) is 27.8 Å². The fourth-order valence-electron chi connectivity index (χ4n) is 2.51. The van der Waals surface area contributed by atoms with Gasteiger partial charge in [0.15, 0.2) is 0 Å². The number of anilines is 2. The molecule has 1 heterocycles. The van der Waals surface area contributed by atoms with E-state index in [2.05, 4.69) is 10.6 Å². The third kappa shape index (κ3) is 2.51. The van der Waals surface area contributed by atoms with E-state index in [9.17, 15) is 24.8 Å². The fraction of sp³-hybridized carbons (Fsp3) is 0.385. The van der Waals surface area contributed by atoms with Gasteiger partial charge in [-0.15, -0.1) is 0 Å². The fourth-order valence-corrected chi connectivity index (χ4v) is 2.51. The van der Waals surface area contributed by atoms with Gasteiger partial charge in [-0.1, -0.05) is 0 Å². The highest BCUT2D eigenvalue weighted by Crippen LogP contribution is 2.38. The smallest absolute Gasteiger partial charge is 0.326 e. The van der Waals surface area contributed by atoms with Gasteiger partial charge in [-0.3, -0.25) is 14.9 Å². The van der Waals surface area contributed by atoms with Crippen LogP contribution in [0, 0.1) is 16.0 Å². The first-order chi connectivity index (χ1) is 9.95. The molecule has 2 aliphatic rings.